The molecule has 7 heteroatoms. The van der Waals surface area contributed by atoms with E-state index >= 15 is 0 Å². The van der Waals surface area contributed by atoms with Gasteiger partial charge >= 0.3 is 11.9 Å². The molecule has 0 saturated heterocycles. The van der Waals surface area contributed by atoms with Gasteiger partial charge in [-0.2, -0.15) is 0 Å². The Hall–Kier alpha value is -1.66. The van der Waals surface area contributed by atoms with Gasteiger partial charge in [-0.15, -0.1) is 11.3 Å². The van der Waals surface area contributed by atoms with Crippen LogP contribution in [-0.2, 0) is 19.1 Å². The summed E-state index contributed by atoms with van der Waals surface area (Å²) in [5.41, 5.74) is 1.61. The molecule has 5 nitrogen and oxygen atoms in total. The largest absolute Gasteiger partial charge is 0.462 e. The minimum atomic E-state index is -0.669. The Bertz CT molecular complexity index is 734. The molecule has 0 N–H and O–H groups in total. The fourth-order valence-electron chi connectivity index (χ4n) is 2.92. The van der Waals surface area contributed by atoms with Crippen molar-refractivity contribution < 1.29 is 19.1 Å². The molecule has 3 rings (SSSR count). The van der Waals surface area contributed by atoms with E-state index in [9.17, 15) is 9.59 Å². The molecule has 0 aromatic carbocycles. The number of rotatable bonds is 3. The van der Waals surface area contributed by atoms with Crippen LogP contribution in [0, 0.1) is 5.92 Å². The second-order valence-electron chi connectivity index (χ2n) is 5.76. The van der Waals surface area contributed by atoms with Crippen molar-refractivity contribution in [2.24, 2.45) is 10.9 Å². The number of carbonyl (C=O) groups is 2. The minimum Gasteiger partial charge on any atom is -0.462 e. The lowest BCUT2D eigenvalue weighted by Crippen LogP contribution is -2.36. The summed E-state index contributed by atoms with van der Waals surface area (Å²) < 4.78 is 10.5. The molecule has 2 unspecified atom stereocenters. The third kappa shape index (κ3) is 2.81. The molecular weight excluding hydrogens is 338 g/mol. The number of carbonyl (C=O) groups excluding carboxylic acids is 2. The van der Waals surface area contributed by atoms with E-state index in [0.29, 0.717) is 22.0 Å². The minimum absolute atomic E-state index is 0.136. The van der Waals surface area contributed by atoms with Crippen LogP contribution in [0.15, 0.2) is 27.7 Å². The normalized spacial score (nSPS) is 23.7. The first-order valence-electron chi connectivity index (χ1n) is 7.29. The maximum Gasteiger partial charge on any atom is 0.337 e. The maximum atomic E-state index is 12.6. The van der Waals surface area contributed by atoms with Gasteiger partial charge in [-0.25, -0.2) is 4.79 Å². The first kappa shape index (κ1) is 16.2. The fourth-order valence-corrected chi connectivity index (χ4v) is 4.24. The Balaban J connectivity index is 2.11. The van der Waals surface area contributed by atoms with Crippen LogP contribution >= 0.6 is 22.9 Å². The summed E-state index contributed by atoms with van der Waals surface area (Å²) >= 11 is 7.69. The molecule has 1 aromatic rings. The quantitative estimate of drug-likeness (QED) is 0.782. The Morgan fingerprint density at radius 2 is 2.26 bits per heavy atom. The molecular formula is C16H16ClNO4S. The number of hydrogen-bond acceptors (Lipinski definition) is 6. The summed E-state index contributed by atoms with van der Waals surface area (Å²) in [6.07, 6.45) is -0.249. The standard InChI is InChI=1S/C16H16ClNO4S/c1-7(2)22-16(20)11-8(3)18-10-6-21-15(19)12(10)13(11)14-9(17)4-5-23-14/h4-5,7,11,13H,6H2,1-3H3. The van der Waals surface area contributed by atoms with Crippen molar-refractivity contribution in [2.45, 2.75) is 32.8 Å². The van der Waals surface area contributed by atoms with Crippen LogP contribution in [0.2, 0.25) is 5.02 Å². The smallest absolute Gasteiger partial charge is 0.337 e. The topological polar surface area (TPSA) is 65.0 Å². The van der Waals surface area contributed by atoms with Gasteiger partial charge in [-0.05, 0) is 32.2 Å². The molecule has 122 valence electrons. The highest BCUT2D eigenvalue weighted by molar-refractivity contribution is 7.10. The SMILES string of the molecule is CC1=NC2=C(C(=O)OC2)C(c2sccc2Cl)C1C(=O)OC(C)C. The lowest BCUT2D eigenvalue weighted by Gasteiger charge is -2.29. The van der Waals surface area contributed by atoms with Crippen LogP contribution in [0.5, 0.6) is 0 Å². The zero-order valence-electron chi connectivity index (χ0n) is 13.0. The van der Waals surface area contributed by atoms with Gasteiger partial charge in [0.15, 0.2) is 0 Å². The fraction of sp³-hybridized carbons (Fsp3) is 0.438. The van der Waals surface area contributed by atoms with E-state index in [-0.39, 0.29) is 12.7 Å². The zero-order valence-corrected chi connectivity index (χ0v) is 14.5. The van der Waals surface area contributed by atoms with Gasteiger partial charge < -0.3 is 9.47 Å². The monoisotopic (exact) mass is 353 g/mol. The second kappa shape index (κ2) is 6.09. The van der Waals surface area contributed by atoms with Crippen molar-refractivity contribution in [2.75, 3.05) is 6.61 Å². The Kier molecular flexibility index (Phi) is 4.29. The van der Waals surface area contributed by atoms with Crippen molar-refractivity contribution in [3.63, 3.8) is 0 Å². The predicted octanol–water partition coefficient (Wildman–Crippen LogP) is 3.34. The van der Waals surface area contributed by atoms with E-state index in [1.807, 2.05) is 5.38 Å². The highest BCUT2D eigenvalue weighted by atomic mass is 35.5. The highest BCUT2D eigenvalue weighted by Gasteiger charge is 2.46. The summed E-state index contributed by atoms with van der Waals surface area (Å²) in [6, 6.07) is 1.76. The first-order valence-corrected chi connectivity index (χ1v) is 8.54. The van der Waals surface area contributed by atoms with Crippen molar-refractivity contribution in [3.8, 4) is 0 Å². The summed E-state index contributed by atoms with van der Waals surface area (Å²) in [5.74, 6) is -2.01. The average Bonchev–Trinajstić information content (AvgIpc) is 3.03. The van der Waals surface area contributed by atoms with Crippen LogP contribution in [-0.4, -0.2) is 30.4 Å². The summed E-state index contributed by atoms with van der Waals surface area (Å²) in [5, 5.41) is 2.37. The van der Waals surface area contributed by atoms with E-state index in [1.165, 1.54) is 11.3 Å². The molecule has 2 aliphatic rings. The Morgan fingerprint density at radius 1 is 1.52 bits per heavy atom. The van der Waals surface area contributed by atoms with Crippen LogP contribution < -0.4 is 0 Å². The molecule has 0 spiro atoms. The first-order chi connectivity index (χ1) is 10.9. The molecule has 0 radical (unpaired) electrons. The molecule has 0 fully saturated rings. The van der Waals surface area contributed by atoms with Gasteiger partial charge in [0.25, 0.3) is 0 Å². The summed E-state index contributed by atoms with van der Waals surface area (Å²) in [6.45, 7) is 5.48. The number of esters is 2. The number of thiophene rings is 1. The number of halogens is 1. The molecule has 0 bridgehead atoms. The molecule has 2 atom stereocenters. The van der Waals surface area contributed by atoms with Crippen LogP contribution in [0.4, 0.5) is 0 Å². The second-order valence-corrected chi connectivity index (χ2v) is 7.12. The van der Waals surface area contributed by atoms with E-state index in [2.05, 4.69) is 4.99 Å². The third-order valence-electron chi connectivity index (χ3n) is 3.81. The van der Waals surface area contributed by atoms with Crippen LogP contribution in [0.1, 0.15) is 31.6 Å². The number of aliphatic imine (C=N–C) groups is 1. The molecule has 23 heavy (non-hydrogen) atoms. The van der Waals surface area contributed by atoms with E-state index in [0.717, 1.165) is 4.88 Å². The van der Waals surface area contributed by atoms with Gasteiger partial charge in [-0.1, -0.05) is 11.6 Å². The number of cyclic esters (lactones) is 1. The van der Waals surface area contributed by atoms with Crippen molar-refractivity contribution in [3.05, 3.63) is 32.6 Å². The van der Waals surface area contributed by atoms with E-state index in [4.69, 9.17) is 21.1 Å². The van der Waals surface area contributed by atoms with Crippen molar-refractivity contribution in [1.82, 2.24) is 0 Å². The van der Waals surface area contributed by atoms with Crippen molar-refractivity contribution >= 4 is 40.6 Å². The summed E-state index contributed by atoms with van der Waals surface area (Å²) in [7, 11) is 0. The van der Waals surface area contributed by atoms with Crippen LogP contribution in [0.25, 0.3) is 0 Å². The Labute approximate surface area is 142 Å². The van der Waals surface area contributed by atoms with Gasteiger partial charge in [-0.3, -0.25) is 9.79 Å². The van der Waals surface area contributed by atoms with Gasteiger partial charge in [0, 0.05) is 16.5 Å². The van der Waals surface area contributed by atoms with Crippen molar-refractivity contribution in [1.29, 1.82) is 0 Å². The molecule has 0 aliphatic carbocycles. The van der Waals surface area contributed by atoms with E-state index < -0.39 is 23.8 Å². The number of nitrogens with zero attached hydrogens (tertiary/aromatic N) is 1. The zero-order chi connectivity index (χ0) is 16.7. The van der Waals surface area contributed by atoms with Gasteiger partial charge in [0.1, 0.15) is 12.5 Å². The van der Waals surface area contributed by atoms with Gasteiger partial charge in [0.2, 0.25) is 0 Å². The highest BCUT2D eigenvalue weighted by Crippen LogP contribution is 2.46. The molecule has 1 aromatic heterocycles. The lowest BCUT2D eigenvalue weighted by atomic mass is 9.79. The lowest BCUT2D eigenvalue weighted by molar-refractivity contribution is -0.150. The molecule has 0 saturated carbocycles. The van der Waals surface area contributed by atoms with Crippen LogP contribution in [0.3, 0.4) is 0 Å². The Morgan fingerprint density at radius 3 is 2.87 bits per heavy atom. The van der Waals surface area contributed by atoms with Gasteiger partial charge in [0.05, 0.1) is 22.4 Å². The average molecular weight is 354 g/mol. The number of ether oxygens (including phenoxy) is 2. The third-order valence-corrected chi connectivity index (χ3v) is 5.25. The molecule has 3 heterocycles. The summed E-state index contributed by atoms with van der Waals surface area (Å²) in [4.78, 5) is 30.0. The predicted molar refractivity (Wildman–Crippen MR) is 87.9 cm³/mol. The molecule has 0 amide bonds. The van der Waals surface area contributed by atoms with E-state index in [1.54, 1.807) is 26.8 Å². The number of hydrogen-bond donors (Lipinski definition) is 0. The maximum absolute atomic E-state index is 12.6. The molecule has 2 aliphatic heterocycles.